The number of aromatic nitrogens is 2. The molecule has 0 unspecified atom stereocenters. The van der Waals surface area contributed by atoms with Gasteiger partial charge in [-0.2, -0.15) is 0 Å². The maximum absolute atomic E-state index is 13.0. The molecular formula is C18H23N3O2S. The van der Waals surface area contributed by atoms with Crippen molar-refractivity contribution < 1.29 is 9.53 Å². The van der Waals surface area contributed by atoms with E-state index in [1.807, 2.05) is 29.6 Å². The molecule has 1 fully saturated rings. The number of aryl methyl sites for hydroxylation is 3. The minimum Gasteiger partial charge on any atom is -0.367 e. The van der Waals surface area contributed by atoms with Gasteiger partial charge in [0.2, 0.25) is 0 Å². The molecule has 1 atom stereocenters. The van der Waals surface area contributed by atoms with Crippen LogP contribution in [-0.2, 0) is 24.6 Å². The Morgan fingerprint density at radius 2 is 2.21 bits per heavy atom. The zero-order chi connectivity index (χ0) is 16.7. The van der Waals surface area contributed by atoms with Gasteiger partial charge in [0.05, 0.1) is 24.4 Å². The Labute approximate surface area is 146 Å². The molecule has 0 spiro atoms. The zero-order valence-electron chi connectivity index (χ0n) is 14.2. The van der Waals surface area contributed by atoms with Crippen LogP contribution < -0.4 is 0 Å². The second kappa shape index (κ2) is 6.33. The molecule has 0 aromatic carbocycles. The second-order valence-electron chi connectivity index (χ2n) is 6.72. The summed E-state index contributed by atoms with van der Waals surface area (Å²) in [5, 5.41) is 2.06. The lowest BCUT2D eigenvalue weighted by Crippen LogP contribution is -2.43. The lowest BCUT2D eigenvalue weighted by Gasteiger charge is -2.32. The number of rotatable bonds is 2. The predicted octanol–water partition coefficient (Wildman–Crippen LogP) is 2.88. The van der Waals surface area contributed by atoms with Gasteiger partial charge in [0.25, 0.3) is 5.91 Å². The Morgan fingerprint density at radius 1 is 1.38 bits per heavy atom. The standard InChI is InChI=1S/C18H23N3O2S/c1-12-9-20(2)17(19-12)15-10-21(7-8-23-15)18(22)14-11-24-16-6-4-3-5-13(14)16/h9,11,15H,3-8,10H2,1-2H3/t15-/m0/s1. The maximum atomic E-state index is 13.0. The molecule has 0 radical (unpaired) electrons. The van der Waals surface area contributed by atoms with Crippen molar-refractivity contribution in [2.24, 2.45) is 7.05 Å². The molecule has 1 aliphatic heterocycles. The summed E-state index contributed by atoms with van der Waals surface area (Å²) in [5.74, 6) is 1.06. The van der Waals surface area contributed by atoms with Crippen LogP contribution in [0.25, 0.3) is 0 Å². The third kappa shape index (κ3) is 2.78. The Morgan fingerprint density at radius 3 is 3.00 bits per heavy atom. The number of fused-ring (bicyclic) bond motifs is 1. The molecule has 2 aromatic rings. The van der Waals surface area contributed by atoms with Gasteiger partial charge in [0, 0.05) is 30.0 Å². The van der Waals surface area contributed by atoms with E-state index in [1.165, 1.54) is 23.3 Å². The summed E-state index contributed by atoms with van der Waals surface area (Å²) in [4.78, 5) is 21.0. The van der Waals surface area contributed by atoms with Crippen molar-refractivity contribution in [1.29, 1.82) is 0 Å². The highest BCUT2D eigenvalue weighted by atomic mass is 32.1. The molecule has 0 bridgehead atoms. The van der Waals surface area contributed by atoms with Gasteiger partial charge < -0.3 is 14.2 Å². The fraction of sp³-hybridized carbons (Fsp3) is 0.556. The lowest BCUT2D eigenvalue weighted by atomic mass is 9.95. The number of ether oxygens (including phenoxy) is 1. The van der Waals surface area contributed by atoms with Gasteiger partial charge in [-0.25, -0.2) is 4.98 Å². The molecule has 0 saturated carbocycles. The van der Waals surface area contributed by atoms with E-state index in [2.05, 4.69) is 10.4 Å². The van der Waals surface area contributed by atoms with Crippen LogP contribution in [0, 0.1) is 6.92 Å². The molecule has 0 N–H and O–H groups in total. The molecule has 1 saturated heterocycles. The van der Waals surface area contributed by atoms with Crippen molar-refractivity contribution in [3.05, 3.63) is 39.1 Å². The number of carbonyl (C=O) groups is 1. The van der Waals surface area contributed by atoms with Crippen LogP contribution in [0.1, 0.15) is 51.3 Å². The number of carbonyl (C=O) groups excluding carboxylic acids is 1. The highest BCUT2D eigenvalue weighted by Crippen LogP contribution is 2.32. The molecule has 128 valence electrons. The zero-order valence-corrected chi connectivity index (χ0v) is 15.1. The Bertz CT molecular complexity index is 764. The molecule has 24 heavy (non-hydrogen) atoms. The van der Waals surface area contributed by atoms with Crippen LogP contribution >= 0.6 is 11.3 Å². The van der Waals surface area contributed by atoms with E-state index >= 15 is 0 Å². The number of hydrogen-bond donors (Lipinski definition) is 0. The SMILES string of the molecule is Cc1cn(C)c([C@@H]2CN(C(=O)c3csc4c3CCCC4)CCO2)n1. The molecule has 2 aliphatic rings. The summed E-state index contributed by atoms with van der Waals surface area (Å²) in [5.41, 5.74) is 3.20. The van der Waals surface area contributed by atoms with Gasteiger partial charge in [0.15, 0.2) is 0 Å². The van der Waals surface area contributed by atoms with E-state index in [4.69, 9.17) is 4.74 Å². The van der Waals surface area contributed by atoms with Crippen molar-refractivity contribution in [3.8, 4) is 0 Å². The monoisotopic (exact) mass is 345 g/mol. The molecule has 2 aromatic heterocycles. The van der Waals surface area contributed by atoms with Crippen LogP contribution in [0.3, 0.4) is 0 Å². The normalized spacial score (nSPS) is 20.9. The van der Waals surface area contributed by atoms with Gasteiger partial charge in [-0.15, -0.1) is 11.3 Å². The fourth-order valence-electron chi connectivity index (χ4n) is 3.77. The van der Waals surface area contributed by atoms with Gasteiger partial charge in [-0.05, 0) is 38.2 Å². The summed E-state index contributed by atoms with van der Waals surface area (Å²) in [6.45, 7) is 3.78. The Balaban J connectivity index is 1.55. The third-order valence-corrected chi connectivity index (χ3v) is 6.05. The van der Waals surface area contributed by atoms with E-state index in [0.717, 1.165) is 29.9 Å². The predicted molar refractivity (Wildman–Crippen MR) is 93.5 cm³/mol. The lowest BCUT2D eigenvalue weighted by molar-refractivity contribution is -0.0279. The molecule has 5 nitrogen and oxygen atoms in total. The first-order chi connectivity index (χ1) is 11.6. The molecule has 6 heteroatoms. The van der Waals surface area contributed by atoms with E-state index in [1.54, 1.807) is 11.3 Å². The van der Waals surface area contributed by atoms with Crippen LogP contribution in [0.2, 0.25) is 0 Å². The first-order valence-electron chi connectivity index (χ1n) is 8.63. The van der Waals surface area contributed by atoms with Crippen LogP contribution in [0.5, 0.6) is 0 Å². The molecule has 3 heterocycles. The van der Waals surface area contributed by atoms with E-state index in [0.29, 0.717) is 19.7 Å². The fourth-order valence-corrected chi connectivity index (χ4v) is 4.89. The van der Waals surface area contributed by atoms with Crippen molar-refractivity contribution in [2.45, 2.75) is 38.7 Å². The van der Waals surface area contributed by atoms with Gasteiger partial charge in [0.1, 0.15) is 11.9 Å². The number of thiophene rings is 1. The van der Waals surface area contributed by atoms with Gasteiger partial charge in [-0.1, -0.05) is 0 Å². The first-order valence-corrected chi connectivity index (χ1v) is 9.51. The summed E-state index contributed by atoms with van der Waals surface area (Å²) < 4.78 is 7.89. The van der Waals surface area contributed by atoms with E-state index in [-0.39, 0.29) is 12.0 Å². The van der Waals surface area contributed by atoms with E-state index < -0.39 is 0 Å². The Hall–Kier alpha value is -1.66. The van der Waals surface area contributed by atoms with Gasteiger partial charge in [-0.3, -0.25) is 4.79 Å². The molecule has 1 amide bonds. The topological polar surface area (TPSA) is 47.4 Å². The minimum atomic E-state index is -0.143. The molecule has 4 rings (SSSR count). The summed E-state index contributed by atoms with van der Waals surface area (Å²) >= 11 is 1.75. The quantitative estimate of drug-likeness (QED) is 0.841. The van der Waals surface area contributed by atoms with Crippen LogP contribution in [-0.4, -0.2) is 40.1 Å². The van der Waals surface area contributed by atoms with Crippen LogP contribution in [0.4, 0.5) is 0 Å². The van der Waals surface area contributed by atoms with Gasteiger partial charge >= 0.3 is 0 Å². The number of nitrogens with zero attached hydrogens (tertiary/aromatic N) is 3. The van der Waals surface area contributed by atoms with Crippen molar-refractivity contribution in [3.63, 3.8) is 0 Å². The second-order valence-corrected chi connectivity index (χ2v) is 7.68. The van der Waals surface area contributed by atoms with Crippen molar-refractivity contribution >= 4 is 17.2 Å². The number of hydrogen-bond acceptors (Lipinski definition) is 4. The smallest absolute Gasteiger partial charge is 0.255 e. The highest BCUT2D eigenvalue weighted by molar-refractivity contribution is 7.10. The summed E-state index contributed by atoms with van der Waals surface area (Å²) in [7, 11) is 1.98. The average Bonchev–Trinajstić information content (AvgIpc) is 3.17. The average molecular weight is 345 g/mol. The van der Waals surface area contributed by atoms with E-state index in [9.17, 15) is 4.79 Å². The number of morpholine rings is 1. The Kier molecular flexibility index (Phi) is 4.18. The third-order valence-electron chi connectivity index (χ3n) is 4.97. The highest BCUT2D eigenvalue weighted by Gasteiger charge is 2.30. The maximum Gasteiger partial charge on any atom is 0.255 e. The summed E-state index contributed by atoms with van der Waals surface area (Å²) in [6, 6.07) is 0. The molecular weight excluding hydrogens is 322 g/mol. The minimum absolute atomic E-state index is 0.143. The largest absolute Gasteiger partial charge is 0.367 e. The summed E-state index contributed by atoms with van der Waals surface area (Å²) in [6.07, 6.45) is 6.48. The molecule has 1 aliphatic carbocycles. The van der Waals surface area contributed by atoms with Crippen molar-refractivity contribution in [2.75, 3.05) is 19.7 Å². The number of imidazole rings is 1. The van der Waals surface area contributed by atoms with Crippen LogP contribution in [0.15, 0.2) is 11.6 Å². The van der Waals surface area contributed by atoms with Crippen molar-refractivity contribution in [1.82, 2.24) is 14.5 Å². The number of amides is 1. The first kappa shape index (κ1) is 15.8.